The second-order valence-corrected chi connectivity index (χ2v) is 4.72. The lowest BCUT2D eigenvalue weighted by Crippen LogP contribution is -1.87. The molecule has 4 heteroatoms. The van der Waals surface area contributed by atoms with Gasteiger partial charge in [0.05, 0.1) is 13.6 Å². The van der Waals surface area contributed by atoms with Crippen molar-refractivity contribution in [2.75, 3.05) is 14.2 Å². The molecule has 0 amide bonds. The molecule has 0 aliphatic rings. The summed E-state index contributed by atoms with van der Waals surface area (Å²) in [6, 6.07) is 5.92. The lowest BCUT2D eigenvalue weighted by Gasteiger charge is -2.03. The van der Waals surface area contributed by atoms with E-state index in [1.807, 2.05) is 32.0 Å². The van der Waals surface area contributed by atoms with Crippen LogP contribution in [0.2, 0.25) is 0 Å². The number of benzene rings is 1. The molecule has 16 heavy (non-hydrogen) atoms. The molecule has 0 saturated carbocycles. The van der Waals surface area contributed by atoms with Crippen molar-refractivity contribution >= 4 is 28.5 Å². The van der Waals surface area contributed by atoms with Crippen molar-refractivity contribution in [2.45, 2.75) is 13.8 Å². The summed E-state index contributed by atoms with van der Waals surface area (Å²) in [5.74, 6) is 6.77. The summed E-state index contributed by atoms with van der Waals surface area (Å²) < 4.78 is 9.69. The molecule has 0 spiro atoms. The molecule has 1 unspecified atom stereocenters. The fourth-order valence-electron chi connectivity index (χ4n) is 1.10. The molecule has 0 fully saturated rings. The van der Waals surface area contributed by atoms with Crippen LogP contribution in [0.5, 0.6) is 5.75 Å². The lowest BCUT2D eigenvalue weighted by molar-refractivity contribution is 0.411. The topological polar surface area (TPSA) is 18.5 Å². The first-order chi connectivity index (χ1) is 7.69. The number of hydrogen-bond acceptors (Lipinski definition) is 2. The van der Waals surface area contributed by atoms with E-state index in [-0.39, 0.29) is 0 Å². The monoisotopic (exact) mass is 350 g/mol. The van der Waals surface area contributed by atoms with Gasteiger partial charge in [0.25, 0.3) is 0 Å². The first-order valence-electron chi connectivity index (χ1n) is 4.65. The molecule has 1 atom stereocenters. The van der Waals surface area contributed by atoms with Crippen molar-refractivity contribution in [1.29, 1.82) is 0 Å². The molecule has 0 N–H and O–H groups in total. The van der Waals surface area contributed by atoms with Crippen LogP contribution in [0.3, 0.4) is 0 Å². The van der Waals surface area contributed by atoms with Crippen LogP contribution >= 0.6 is 28.5 Å². The molecule has 0 bridgehead atoms. The highest BCUT2D eigenvalue weighted by atomic mass is 127. The SMILES string of the molecule is CC#Cc1ccc(OC)c(C)c1.COPI. The van der Waals surface area contributed by atoms with Crippen molar-refractivity contribution in [3.63, 3.8) is 0 Å². The summed E-state index contributed by atoms with van der Waals surface area (Å²) in [7, 11) is 3.36. The van der Waals surface area contributed by atoms with Crippen molar-refractivity contribution in [2.24, 2.45) is 0 Å². The van der Waals surface area contributed by atoms with Crippen LogP contribution in [-0.4, -0.2) is 14.2 Å². The summed E-state index contributed by atoms with van der Waals surface area (Å²) in [4.78, 5) is 0. The molecule has 88 valence electrons. The van der Waals surface area contributed by atoms with E-state index >= 15 is 0 Å². The highest BCUT2D eigenvalue weighted by Gasteiger charge is 1.96. The van der Waals surface area contributed by atoms with E-state index in [0.29, 0.717) is 6.45 Å². The average molecular weight is 350 g/mol. The van der Waals surface area contributed by atoms with E-state index in [9.17, 15) is 0 Å². The molecule has 0 radical (unpaired) electrons. The van der Waals surface area contributed by atoms with Gasteiger partial charge in [0.2, 0.25) is 0 Å². The van der Waals surface area contributed by atoms with Gasteiger partial charge < -0.3 is 9.26 Å². The Hall–Kier alpha value is -0.300. The maximum Gasteiger partial charge on any atom is 0.121 e. The van der Waals surface area contributed by atoms with Gasteiger partial charge in [-0.3, -0.25) is 0 Å². The minimum atomic E-state index is 0.610. The molecule has 1 aromatic carbocycles. The zero-order valence-electron chi connectivity index (χ0n) is 9.93. The Morgan fingerprint density at radius 1 is 1.31 bits per heavy atom. The maximum absolute atomic E-state index is 5.13. The highest BCUT2D eigenvalue weighted by molar-refractivity contribution is 14.2. The normalized spacial score (nSPS) is 9.06. The molecule has 1 aromatic rings. The summed E-state index contributed by atoms with van der Waals surface area (Å²) in [6.45, 7) is 4.46. The molecule has 1 rings (SSSR count). The van der Waals surface area contributed by atoms with Gasteiger partial charge in [-0.25, -0.2) is 0 Å². The fourth-order valence-corrected chi connectivity index (χ4v) is 1.10. The summed E-state index contributed by atoms with van der Waals surface area (Å²) in [5, 5.41) is 0. The first-order valence-corrected chi connectivity index (χ1v) is 8.67. The molecular formula is C12H16IO2P. The summed E-state index contributed by atoms with van der Waals surface area (Å²) in [6.07, 6.45) is 0. The van der Waals surface area contributed by atoms with Gasteiger partial charge in [-0.1, -0.05) is 5.92 Å². The van der Waals surface area contributed by atoms with Gasteiger partial charge in [0.1, 0.15) is 5.75 Å². The Bertz CT molecular complexity index is 367. The molecule has 0 heterocycles. The van der Waals surface area contributed by atoms with Crippen molar-refractivity contribution in [3.8, 4) is 17.6 Å². The number of aryl methyl sites for hydroxylation is 1. The third-order valence-corrected chi connectivity index (χ3v) is 3.22. The second-order valence-electron chi connectivity index (χ2n) is 2.84. The van der Waals surface area contributed by atoms with Gasteiger partial charge in [0, 0.05) is 12.7 Å². The van der Waals surface area contributed by atoms with Gasteiger partial charge in [-0.2, -0.15) is 0 Å². The zero-order valence-corrected chi connectivity index (χ0v) is 13.1. The van der Waals surface area contributed by atoms with E-state index in [0.717, 1.165) is 16.9 Å². The number of ether oxygens (including phenoxy) is 1. The van der Waals surface area contributed by atoms with Crippen LogP contribution in [0.25, 0.3) is 0 Å². The molecule has 0 aliphatic carbocycles. The molecule has 0 aromatic heterocycles. The van der Waals surface area contributed by atoms with Crippen LogP contribution in [0, 0.1) is 18.8 Å². The lowest BCUT2D eigenvalue weighted by atomic mass is 10.1. The third kappa shape index (κ3) is 6.32. The fraction of sp³-hybridized carbons (Fsp3) is 0.333. The Morgan fingerprint density at radius 2 is 1.94 bits per heavy atom. The standard InChI is InChI=1S/C11H12O.CH4IOP/c1-4-5-10-6-7-11(12-3)9(2)8-10;1-3-4-2/h6-8H,1-3H3;4H,1H3. The smallest absolute Gasteiger partial charge is 0.121 e. The van der Waals surface area contributed by atoms with Crippen LogP contribution in [0.4, 0.5) is 0 Å². The van der Waals surface area contributed by atoms with Crippen LogP contribution in [0.1, 0.15) is 18.1 Å². The van der Waals surface area contributed by atoms with E-state index < -0.39 is 0 Å². The van der Waals surface area contributed by atoms with Crippen molar-refractivity contribution in [3.05, 3.63) is 29.3 Å². The first kappa shape index (κ1) is 15.7. The van der Waals surface area contributed by atoms with E-state index in [2.05, 4.69) is 38.4 Å². The minimum Gasteiger partial charge on any atom is -0.496 e. The number of methoxy groups -OCH3 is 1. The minimum absolute atomic E-state index is 0.610. The quantitative estimate of drug-likeness (QED) is 0.457. The molecule has 0 saturated heterocycles. The summed E-state index contributed by atoms with van der Waals surface area (Å²) >= 11 is 2.16. The molecule has 0 aliphatic heterocycles. The number of halogens is 1. The summed E-state index contributed by atoms with van der Waals surface area (Å²) in [5.41, 5.74) is 2.16. The van der Waals surface area contributed by atoms with E-state index in [1.54, 1.807) is 14.2 Å². The highest BCUT2D eigenvalue weighted by Crippen LogP contribution is 2.18. The van der Waals surface area contributed by atoms with Gasteiger partial charge in [0.15, 0.2) is 0 Å². The Kier molecular flexibility index (Phi) is 9.71. The Balaban J connectivity index is 0.000000487. The van der Waals surface area contributed by atoms with Gasteiger partial charge in [-0.15, -0.1) is 5.92 Å². The molecular weight excluding hydrogens is 334 g/mol. The zero-order chi connectivity index (χ0) is 12.4. The molecule has 2 nitrogen and oxygen atoms in total. The van der Waals surface area contributed by atoms with Crippen molar-refractivity contribution < 1.29 is 9.26 Å². The predicted octanol–water partition coefficient (Wildman–Crippen LogP) is 3.95. The Morgan fingerprint density at radius 3 is 2.31 bits per heavy atom. The van der Waals surface area contributed by atoms with E-state index in [4.69, 9.17) is 4.74 Å². The average Bonchev–Trinajstić information content (AvgIpc) is 2.30. The van der Waals surface area contributed by atoms with E-state index in [1.165, 1.54) is 0 Å². The number of hydrogen-bond donors (Lipinski definition) is 0. The predicted molar refractivity (Wildman–Crippen MR) is 79.6 cm³/mol. The third-order valence-electron chi connectivity index (χ3n) is 1.74. The van der Waals surface area contributed by atoms with Crippen LogP contribution in [-0.2, 0) is 4.52 Å². The number of rotatable bonds is 2. The maximum atomic E-state index is 5.13. The van der Waals surface area contributed by atoms with Gasteiger partial charge >= 0.3 is 0 Å². The van der Waals surface area contributed by atoms with Crippen LogP contribution in [0.15, 0.2) is 18.2 Å². The van der Waals surface area contributed by atoms with Gasteiger partial charge in [-0.05, 0) is 59.7 Å². The van der Waals surface area contributed by atoms with Crippen molar-refractivity contribution in [1.82, 2.24) is 0 Å². The second kappa shape index (κ2) is 9.89. The Labute approximate surface area is 112 Å². The largest absolute Gasteiger partial charge is 0.496 e. The van der Waals surface area contributed by atoms with Crippen LogP contribution < -0.4 is 4.74 Å².